The summed E-state index contributed by atoms with van der Waals surface area (Å²) in [6.45, 7) is 16.5. The van der Waals surface area contributed by atoms with Crippen molar-refractivity contribution in [2.45, 2.75) is 180 Å². The number of carbonyl (C=O) groups is 8. The van der Waals surface area contributed by atoms with Gasteiger partial charge < -0.3 is 52.8 Å². The van der Waals surface area contributed by atoms with Gasteiger partial charge in [-0.25, -0.2) is 9.59 Å². The number of halogens is 2. The van der Waals surface area contributed by atoms with E-state index in [1.807, 2.05) is 142 Å². The number of carbonyl (C=O) groups excluding carboxylic acids is 8. The molecule has 24 heteroatoms. The van der Waals surface area contributed by atoms with E-state index in [4.69, 9.17) is 43.0 Å². The second kappa shape index (κ2) is 33.6. The van der Waals surface area contributed by atoms with Crippen molar-refractivity contribution < 1.29 is 75.6 Å². The Labute approximate surface area is 609 Å². The molecule has 103 heavy (non-hydrogen) atoms. The molecular formula is C79H92Cl2N6O16. The molecule has 0 radical (unpaired) electrons. The third kappa shape index (κ3) is 18.7. The van der Waals surface area contributed by atoms with Crippen LogP contribution in [0.1, 0.15) is 186 Å². The van der Waals surface area contributed by atoms with Crippen molar-refractivity contribution in [2.75, 3.05) is 52.5 Å². The van der Waals surface area contributed by atoms with Crippen LogP contribution >= 0.6 is 24.8 Å². The number of ether oxygens (including phenoxy) is 5. The van der Waals surface area contributed by atoms with Crippen LogP contribution < -0.4 is 19.9 Å². The van der Waals surface area contributed by atoms with Gasteiger partial charge in [-0.15, -0.1) is 24.8 Å². The summed E-state index contributed by atoms with van der Waals surface area (Å²) < 4.78 is 45.2. The predicted molar refractivity (Wildman–Crippen MR) is 394 cm³/mol. The first-order valence-corrected chi connectivity index (χ1v) is 35.7. The Morgan fingerprint density at radius 3 is 1.05 bits per heavy atom. The smallest absolute Gasteiger partial charge is 0.410 e. The van der Waals surface area contributed by atoms with Gasteiger partial charge in [-0.1, -0.05) is 33.7 Å². The van der Waals surface area contributed by atoms with Gasteiger partial charge in [0, 0.05) is 52.0 Å². The van der Waals surface area contributed by atoms with Gasteiger partial charge in [0.1, 0.15) is 86.8 Å². The third-order valence-electron chi connectivity index (χ3n) is 19.7. The van der Waals surface area contributed by atoms with Crippen LogP contribution in [0.5, 0.6) is 17.2 Å². The molecule has 3 saturated carbocycles. The first kappa shape index (κ1) is 76.6. The van der Waals surface area contributed by atoms with Crippen molar-refractivity contribution in [3.63, 3.8) is 0 Å². The molecule has 3 unspecified atom stereocenters. The highest BCUT2D eigenvalue weighted by Crippen LogP contribution is 2.42. The van der Waals surface area contributed by atoms with Crippen LogP contribution in [0.15, 0.2) is 105 Å². The summed E-state index contributed by atoms with van der Waals surface area (Å²) in [6.07, 6.45) is 10.2. The van der Waals surface area contributed by atoms with E-state index >= 15 is 0 Å². The zero-order chi connectivity index (χ0) is 71.1. The lowest BCUT2D eigenvalue weighted by Gasteiger charge is -2.33. The van der Waals surface area contributed by atoms with Gasteiger partial charge in [0.15, 0.2) is 16.7 Å². The number of nitrogens with two attached hydrogens (primary N) is 1. The highest BCUT2D eigenvalue weighted by molar-refractivity contribution is 6.14. The lowest BCUT2D eigenvalue weighted by Crippen LogP contribution is -2.41. The minimum absolute atomic E-state index is 0. The fourth-order valence-corrected chi connectivity index (χ4v) is 14.5. The number of likely N-dealkylation sites (tertiary alicyclic amines) is 2. The fraction of sp³-hybridized carbons (Fsp3) is 0.481. The molecule has 0 spiro atoms. The maximum atomic E-state index is 12.5. The van der Waals surface area contributed by atoms with Crippen LogP contribution in [0.4, 0.5) is 9.59 Å². The molecule has 2 aliphatic heterocycles. The number of Topliss-reactive ketones (excluding diaryl/α,β-unsaturated/α-hetero) is 6. The zero-order valence-electron chi connectivity index (χ0n) is 59.4. The Balaban J connectivity index is 0.000000168. The molecule has 22 nitrogen and oxygen atoms in total. The van der Waals surface area contributed by atoms with Crippen molar-refractivity contribution in [3.05, 3.63) is 108 Å². The normalized spacial score (nSPS) is 18.7. The molecule has 5 fully saturated rings. The van der Waals surface area contributed by atoms with Crippen LogP contribution in [0.25, 0.3) is 65.2 Å². The third-order valence-corrected chi connectivity index (χ3v) is 19.7. The molecule has 2 saturated heterocycles. The van der Waals surface area contributed by atoms with Crippen molar-refractivity contribution in [1.29, 1.82) is 0 Å². The molecule has 5 aliphatic rings. The lowest BCUT2D eigenvalue weighted by molar-refractivity contribution is -0.132. The van der Waals surface area contributed by atoms with E-state index in [-0.39, 0.29) is 96.9 Å². The number of fused-ring (bicyclic) bond motifs is 9. The Kier molecular flexibility index (Phi) is 25.0. The molecular weight excluding hydrogens is 1360 g/mol. The van der Waals surface area contributed by atoms with E-state index in [0.29, 0.717) is 111 Å². The molecule has 2 N–H and O–H groups in total. The van der Waals surface area contributed by atoms with Crippen molar-refractivity contribution >= 4 is 137 Å². The van der Waals surface area contributed by atoms with Crippen LogP contribution in [0, 0.1) is 11.8 Å². The van der Waals surface area contributed by atoms with Gasteiger partial charge in [0.2, 0.25) is 0 Å². The number of ketones is 6. The van der Waals surface area contributed by atoms with E-state index in [0.717, 1.165) is 143 Å². The highest BCUT2D eigenvalue weighted by atomic mass is 35.5. The Morgan fingerprint density at radius 2 is 0.757 bits per heavy atom. The van der Waals surface area contributed by atoms with Crippen molar-refractivity contribution in [2.24, 2.45) is 17.6 Å². The summed E-state index contributed by atoms with van der Waals surface area (Å²) in [5.41, 5.74) is 8.37. The second-order valence-electron chi connectivity index (χ2n) is 29.4. The minimum atomic E-state index is -0.464. The summed E-state index contributed by atoms with van der Waals surface area (Å²) in [6, 6.07) is 29.2. The van der Waals surface area contributed by atoms with E-state index < -0.39 is 23.0 Å². The summed E-state index contributed by atoms with van der Waals surface area (Å²) >= 11 is 0. The van der Waals surface area contributed by atoms with Crippen molar-refractivity contribution in [1.82, 2.24) is 25.3 Å². The average molecular weight is 1450 g/mol. The number of amides is 2. The van der Waals surface area contributed by atoms with Crippen LogP contribution in [-0.4, -0.2) is 136 Å². The number of nitrogens with zero attached hydrogens (tertiary/aromatic N) is 5. The van der Waals surface area contributed by atoms with Crippen molar-refractivity contribution in [3.8, 4) is 17.2 Å². The number of piperidine rings is 2. The second-order valence-corrected chi connectivity index (χ2v) is 29.4. The van der Waals surface area contributed by atoms with E-state index in [9.17, 15) is 38.4 Å². The first-order chi connectivity index (χ1) is 48.5. The zero-order valence-corrected chi connectivity index (χ0v) is 61.0. The Hall–Kier alpha value is -8.99. The number of aromatic nitrogens is 3. The lowest BCUT2D eigenvalue weighted by atomic mass is 9.83. The standard InChI is InChI=1S/2C30H36N2O6.C19H18N2O4.2ClH/c2*1-30(2,3)37-29(35)32-14-12-19(13-15-32)5-4-16-36-22-8-10-23-20(17-22)6-11-26-27(23)28(31-38-26)24-9-7-21(33)18-25(24)34;20-7-8-24-13-3-5-14-11(9-13)1-6-17-18(14)19(21-25-17)15-4-2-12(22)10-16(15)23;;/h2*6,8,10-11,17,19,24H,4-5,7,9,12-16,18H2,1-3H3;1,3,5-6,9,15H,2,4,7-8,10,20H2;2*1H. The Bertz CT molecular complexity index is 4380. The Morgan fingerprint density at radius 1 is 0.447 bits per heavy atom. The van der Waals surface area contributed by atoms with Gasteiger partial charge in [-0.2, -0.15) is 0 Å². The summed E-state index contributed by atoms with van der Waals surface area (Å²) in [5, 5.41) is 21.0. The summed E-state index contributed by atoms with van der Waals surface area (Å²) in [7, 11) is 0. The van der Waals surface area contributed by atoms with Gasteiger partial charge in [-0.3, -0.25) is 28.8 Å². The summed E-state index contributed by atoms with van der Waals surface area (Å²) in [5.74, 6) is 2.11. The first-order valence-electron chi connectivity index (χ1n) is 35.7. The molecule has 548 valence electrons. The van der Waals surface area contributed by atoms with Gasteiger partial charge in [0.25, 0.3) is 0 Å². The SMILES string of the molecule is CC(C)(C)OC(=O)N1CCC(CCCOc2ccc3c(ccc4onc(C5CCC(=O)CC5=O)c43)c2)CC1.CC(C)(C)OC(=O)N1CCC(CCCOc2ccc3c(ccc4onc(C5CCC(=O)CC5=O)c43)c2)CC1.Cl.Cl.NCCOc1ccc2c(ccc3onc(C4CCC(=O)CC4=O)c32)c1. The van der Waals surface area contributed by atoms with Gasteiger partial charge in [-0.05, 0) is 229 Å². The van der Waals surface area contributed by atoms with Crippen LogP contribution in [0.2, 0.25) is 0 Å². The number of hydrogen-bond donors (Lipinski definition) is 1. The predicted octanol–water partition coefficient (Wildman–Crippen LogP) is 16.0. The molecule has 0 bridgehead atoms. The maximum Gasteiger partial charge on any atom is 0.410 e. The molecule has 9 aromatic rings. The van der Waals surface area contributed by atoms with Crippen LogP contribution in [0.3, 0.4) is 0 Å². The van der Waals surface area contributed by atoms with E-state index in [1.165, 1.54) is 0 Å². The van der Waals surface area contributed by atoms with Gasteiger partial charge >= 0.3 is 12.2 Å². The largest absolute Gasteiger partial charge is 0.494 e. The molecule has 3 aliphatic carbocycles. The van der Waals surface area contributed by atoms with E-state index in [2.05, 4.69) is 15.5 Å². The molecule has 3 atom stereocenters. The van der Waals surface area contributed by atoms with Gasteiger partial charge in [0.05, 0.1) is 66.4 Å². The number of rotatable bonds is 16. The number of hydrogen-bond acceptors (Lipinski definition) is 20. The van der Waals surface area contributed by atoms with E-state index in [1.54, 1.807) is 0 Å². The minimum Gasteiger partial charge on any atom is -0.494 e. The fourth-order valence-electron chi connectivity index (χ4n) is 14.5. The number of benzene rings is 6. The topological polar surface area (TPSA) is 293 Å². The highest BCUT2D eigenvalue weighted by Gasteiger charge is 2.36. The monoisotopic (exact) mass is 1450 g/mol. The maximum absolute atomic E-state index is 12.5. The van der Waals surface area contributed by atoms with Crippen LogP contribution in [-0.2, 0) is 38.2 Å². The molecule has 6 aromatic carbocycles. The summed E-state index contributed by atoms with van der Waals surface area (Å²) in [4.78, 5) is 100. The molecule has 3 aromatic heterocycles. The molecule has 2 amide bonds. The quantitative estimate of drug-likeness (QED) is 0.0694. The molecule has 14 rings (SSSR count). The molecule has 5 heterocycles. The average Bonchev–Trinajstić information content (AvgIpc) is 1.67.